The lowest BCUT2D eigenvalue weighted by molar-refractivity contribution is 0.463. The molecule has 0 aliphatic rings. The van der Waals surface area contributed by atoms with E-state index in [-0.39, 0.29) is 5.38 Å². The summed E-state index contributed by atoms with van der Waals surface area (Å²) in [6.07, 6.45) is 1.72. The van der Waals surface area contributed by atoms with Crippen molar-refractivity contribution in [2.45, 2.75) is 32.1 Å². The highest BCUT2D eigenvalue weighted by atomic mass is 35.5. The fraction of sp³-hybridized carbons (Fsp3) is 0.333. The van der Waals surface area contributed by atoms with Crippen LogP contribution in [0.3, 0.4) is 0 Å². The summed E-state index contributed by atoms with van der Waals surface area (Å²) in [6, 6.07) is 12.3. The van der Waals surface area contributed by atoms with Gasteiger partial charge in [-0.05, 0) is 36.6 Å². The van der Waals surface area contributed by atoms with Gasteiger partial charge in [-0.25, -0.2) is 0 Å². The predicted molar refractivity (Wildman–Crippen MR) is 71.6 cm³/mol. The first kappa shape index (κ1) is 12.3. The summed E-state index contributed by atoms with van der Waals surface area (Å²) in [5.74, 6) is 1.86. The smallest absolute Gasteiger partial charge is 0.122 e. The number of hydrogen-bond donors (Lipinski definition) is 0. The molecule has 0 aliphatic heterocycles. The van der Waals surface area contributed by atoms with Crippen molar-refractivity contribution in [3.05, 3.63) is 59.0 Å². The third kappa shape index (κ3) is 2.92. The minimum atomic E-state index is -0.0867. The van der Waals surface area contributed by atoms with E-state index in [4.69, 9.17) is 16.0 Å². The lowest BCUT2D eigenvalue weighted by atomic mass is 10.0. The van der Waals surface area contributed by atoms with Crippen LogP contribution in [0.2, 0.25) is 0 Å². The summed E-state index contributed by atoms with van der Waals surface area (Å²) in [4.78, 5) is 0. The molecule has 0 amide bonds. The van der Waals surface area contributed by atoms with Crippen LogP contribution in [-0.2, 0) is 12.8 Å². The molecule has 0 spiro atoms. The van der Waals surface area contributed by atoms with Gasteiger partial charge in [0, 0.05) is 6.42 Å². The Balaban J connectivity index is 2.11. The molecule has 1 nitrogen and oxygen atoms in total. The maximum absolute atomic E-state index is 6.39. The molecule has 0 N–H and O–H groups in total. The molecule has 90 valence electrons. The van der Waals surface area contributed by atoms with Gasteiger partial charge in [0.2, 0.25) is 0 Å². The van der Waals surface area contributed by atoms with Gasteiger partial charge < -0.3 is 4.42 Å². The Bertz CT molecular complexity index is 487. The Morgan fingerprint density at radius 1 is 1.18 bits per heavy atom. The van der Waals surface area contributed by atoms with Crippen LogP contribution in [0.5, 0.6) is 0 Å². The zero-order valence-corrected chi connectivity index (χ0v) is 11.0. The average Bonchev–Trinajstić information content (AvgIpc) is 2.81. The maximum Gasteiger partial charge on any atom is 0.122 e. The Kier molecular flexibility index (Phi) is 3.90. The molecule has 1 atom stereocenters. The molecule has 0 saturated carbocycles. The van der Waals surface area contributed by atoms with E-state index in [1.165, 1.54) is 11.1 Å². The minimum Gasteiger partial charge on any atom is -0.465 e. The van der Waals surface area contributed by atoms with Gasteiger partial charge in [0.05, 0.1) is 5.38 Å². The fourth-order valence-corrected chi connectivity index (χ4v) is 2.17. The lowest BCUT2D eigenvalue weighted by Gasteiger charge is -2.09. The second kappa shape index (κ2) is 5.42. The number of benzene rings is 1. The largest absolute Gasteiger partial charge is 0.465 e. The van der Waals surface area contributed by atoms with Crippen LogP contribution in [0.25, 0.3) is 0 Å². The number of aryl methyl sites for hydroxylation is 2. The monoisotopic (exact) mass is 248 g/mol. The van der Waals surface area contributed by atoms with Crippen molar-refractivity contribution in [3.63, 3.8) is 0 Å². The summed E-state index contributed by atoms with van der Waals surface area (Å²) >= 11 is 6.39. The van der Waals surface area contributed by atoms with E-state index in [2.05, 4.69) is 26.0 Å². The normalized spacial score (nSPS) is 12.6. The van der Waals surface area contributed by atoms with E-state index < -0.39 is 0 Å². The van der Waals surface area contributed by atoms with Gasteiger partial charge in [-0.3, -0.25) is 0 Å². The summed E-state index contributed by atoms with van der Waals surface area (Å²) in [5.41, 5.74) is 2.56. The van der Waals surface area contributed by atoms with E-state index in [0.717, 1.165) is 24.4 Å². The Morgan fingerprint density at radius 3 is 2.59 bits per heavy atom. The van der Waals surface area contributed by atoms with Crippen molar-refractivity contribution in [1.82, 2.24) is 0 Å². The SMILES string of the molecule is CCc1ccc(C(Cl)Cc2ccccc2C)o1. The zero-order valence-electron chi connectivity index (χ0n) is 10.2. The molecule has 1 aromatic carbocycles. The van der Waals surface area contributed by atoms with Gasteiger partial charge >= 0.3 is 0 Å². The van der Waals surface area contributed by atoms with Crippen LogP contribution < -0.4 is 0 Å². The summed E-state index contributed by atoms with van der Waals surface area (Å²) in [7, 11) is 0. The second-order valence-electron chi connectivity index (χ2n) is 4.26. The number of halogens is 1. The molecule has 0 bridgehead atoms. The Hall–Kier alpha value is -1.21. The van der Waals surface area contributed by atoms with Crippen LogP contribution in [0.4, 0.5) is 0 Å². The molecule has 1 aromatic heterocycles. The van der Waals surface area contributed by atoms with Crippen LogP contribution in [0, 0.1) is 6.92 Å². The third-order valence-corrected chi connectivity index (χ3v) is 3.37. The molecule has 2 rings (SSSR count). The van der Waals surface area contributed by atoms with Crippen molar-refractivity contribution < 1.29 is 4.42 Å². The van der Waals surface area contributed by atoms with Gasteiger partial charge in [-0.2, -0.15) is 0 Å². The zero-order chi connectivity index (χ0) is 12.3. The third-order valence-electron chi connectivity index (χ3n) is 3.00. The predicted octanol–water partition coefficient (Wildman–Crippen LogP) is 4.67. The van der Waals surface area contributed by atoms with Gasteiger partial charge in [0.15, 0.2) is 0 Å². The van der Waals surface area contributed by atoms with Crippen molar-refractivity contribution >= 4 is 11.6 Å². The number of rotatable bonds is 4. The lowest BCUT2D eigenvalue weighted by Crippen LogP contribution is -1.96. The highest BCUT2D eigenvalue weighted by Crippen LogP contribution is 2.27. The molecule has 0 fully saturated rings. The maximum atomic E-state index is 6.39. The molecular formula is C15H17ClO. The van der Waals surface area contributed by atoms with E-state index in [9.17, 15) is 0 Å². The summed E-state index contributed by atoms with van der Waals surface area (Å²) in [5, 5.41) is -0.0867. The molecule has 0 saturated heterocycles. The highest BCUT2D eigenvalue weighted by Gasteiger charge is 2.14. The molecular weight excluding hydrogens is 232 g/mol. The Morgan fingerprint density at radius 2 is 1.94 bits per heavy atom. The first-order valence-electron chi connectivity index (χ1n) is 5.98. The average molecular weight is 249 g/mol. The molecule has 17 heavy (non-hydrogen) atoms. The van der Waals surface area contributed by atoms with Crippen LogP contribution in [0.15, 0.2) is 40.8 Å². The molecule has 1 unspecified atom stereocenters. The first-order valence-corrected chi connectivity index (χ1v) is 6.41. The van der Waals surface area contributed by atoms with Gasteiger partial charge in [-0.15, -0.1) is 11.6 Å². The highest BCUT2D eigenvalue weighted by molar-refractivity contribution is 6.20. The second-order valence-corrected chi connectivity index (χ2v) is 4.78. The van der Waals surface area contributed by atoms with Gasteiger partial charge in [0.1, 0.15) is 11.5 Å². The number of alkyl halides is 1. The van der Waals surface area contributed by atoms with Gasteiger partial charge in [-0.1, -0.05) is 31.2 Å². The molecule has 2 heteroatoms. The van der Waals surface area contributed by atoms with Gasteiger partial charge in [0.25, 0.3) is 0 Å². The standard InChI is InChI=1S/C15H17ClO/c1-3-13-8-9-15(17-13)14(16)10-12-7-5-4-6-11(12)2/h4-9,14H,3,10H2,1-2H3. The number of furan rings is 1. The van der Waals surface area contributed by atoms with Crippen molar-refractivity contribution in [3.8, 4) is 0 Å². The summed E-state index contributed by atoms with van der Waals surface area (Å²) < 4.78 is 5.67. The van der Waals surface area contributed by atoms with E-state index in [1.807, 2.05) is 24.3 Å². The first-order chi connectivity index (χ1) is 8.20. The van der Waals surface area contributed by atoms with Crippen LogP contribution in [0.1, 0.15) is 34.9 Å². The number of hydrogen-bond acceptors (Lipinski definition) is 1. The molecule has 2 aromatic rings. The van der Waals surface area contributed by atoms with E-state index in [1.54, 1.807) is 0 Å². The molecule has 1 heterocycles. The fourth-order valence-electron chi connectivity index (χ4n) is 1.89. The van der Waals surface area contributed by atoms with Crippen molar-refractivity contribution in [2.75, 3.05) is 0 Å². The van der Waals surface area contributed by atoms with Crippen LogP contribution >= 0.6 is 11.6 Å². The molecule has 0 aliphatic carbocycles. The quantitative estimate of drug-likeness (QED) is 0.717. The van der Waals surface area contributed by atoms with E-state index in [0.29, 0.717) is 0 Å². The van der Waals surface area contributed by atoms with Crippen molar-refractivity contribution in [1.29, 1.82) is 0 Å². The topological polar surface area (TPSA) is 13.1 Å². The van der Waals surface area contributed by atoms with Crippen LogP contribution in [-0.4, -0.2) is 0 Å². The summed E-state index contributed by atoms with van der Waals surface area (Å²) in [6.45, 7) is 4.19. The molecule has 0 radical (unpaired) electrons. The van der Waals surface area contributed by atoms with E-state index >= 15 is 0 Å². The Labute approximate surface area is 107 Å². The minimum absolute atomic E-state index is 0.0867. The van der Waals surface area contributed by atoms with Crippen molar-refractivity contribution in [2.24, 2.45) is 0 Å².